The predicted molar refractivity (Wildman–Crippen MR) is 94.1 cm³/mol. The van der Waals surface area contributed by atoms with Gasteiger partial charge in [0, 0.05) is 17.8 Å². The molecule has 6 nitrogen and oxygen atoms in total. The van der Waals surface area contributed by atoms with Gasteiger partial charge in [0.25, 0.3) is 0 Å². The molecule has 1 aromatic rings. The monoisotopic (exact) mass is 357 g/mol. The Morgan fingerprint density at radius 3 is 2.62 bits per heavy atom. The highest BCUT2D eigenvalue weighted by Crippen LogP contribution is 2.55. The molecule has 0 spiro atoms. The molecule has 2 fully saturated rings. The summed E-state index contributed by atoms with van der Waals surface area (Å²) in [7, 11) is 1.28. The number of hydrogen-bond donors (Lipinski definition) is 0. The van der Waals surface area contributed by atoms with Crippen molar-refractivity contribution < 1.29 is 23.9 Å². The van der Waals surface area contributed by atoms with Crippen molar-refractivity contribution in [3.63, 3.8) is 0 Å². The Morgan fingerprint density at radius 2 is 2.04 bits per heavy atom. The second kappa shape index (κ2) is 6.94. The van der Waals surface area contributed by atoms with E-state index in [1.807, 2.05) is 37.3 Å². The van der Waals surface area contributed by atoms with Gasteiger partial charge in [0.1, 0.15) is 18.4 Å². The fourth-order valence-corrected chi connectivity index (χ4v) is 4.33. The Bertz CT molecular complexity index is 731. The molecule has 138 valence electrons. The first-order valence-electron chi connectivity index (χ1n) is 8.64. The van der Waals surface area contributed by atoms with Gasteiger partial charge in [0.05, 0.1) is 13.2 Å². The van der Waals surface area contributed by atoms with Crippen LogP contribution in [0.2, 0.25) is 0 Å². The van der Waals surface area contributed by atoms with Crippen LogP contribution < -0.4 is 0 Å². The Morgan fingerprint density at radius 1 is 1.35 bits per heavy atom. The average Bonchev–Trinajstić information content (AvgIpc) is 2.83. The summed E-state index contributed by atoms with van der Waals surface area (Å²) >= 11 is 0. The molecule has 6 heteroatoms. The minimum Gasteiger partial charge on any atom is -0.467 e. The molecule has 1 aliphatic heterocycles. The summed E-state index contributed by atoms with van der Waals surface area (Å²) in [5.74, 6) is -0.867. The van der Waals surface area contributed by atoms with Crippen molar-refractivity contribution in [2.45, 2.75) is 38.5 Å². The number of amides is 1. The Hall–Kier alpha value is -2.63. The van der Waals surface area contributed by atoms with Crippen LogP contribution in [0.15, 0.2) is 43.0 Å². The van der Waals surface area contributed by atoms with Gasteiger partial charge in [0.2, 0.25) is 0 Å². The first-order valence-corrected chi connectivity index (χ1v) is 8.64. The van der Waals surface area contributed by atoms with Gasteiger partial charge in [-0.2, -0.15) is 0 Å². The molecule has 26 heavy (non-hydrogen) atoms. The molecule has 0 unspecified atom stereocenters. The summed E-state index contributed by atoms with van der Waals surface area (Å²) in [6, 6.07) is 8.11. The predicted octanol–water partition coefficient (Wildman–Crippen LogP) is 2.72. The Kier molecular flexibility index (Phi) is 4.85. The molecule has 1 saturated heterocycles. The number of likely N-dealkylation sites (tertiary alicyclic amines) is 1. The summed E-state index contributed by atoms with van der Waals surface area (Å²) in [6.45, 7) is 5.69. The number of esters is 1. The van der Waals surface area contributed by atoms with E-state index in [4.69, 9.17) is 9.47 Å². The van der Waals surface area contributed by atoms with E-state index in [-0.39, 0.29) is 24.9 Å². The Labute approximate surface area is 152 Å². The molecule has 1 heterocycles. The number of rotatable bonds is 5. The lowest BCUT2D eigenvalue weighted by Crippen LogP contribution is -2.51. The number of carbonyl (C=O) groups is 3. The maximum Gasteiger partial charge on any atom is 0.411 e. The maximum absolute atomic E-state index is 12.8. The van der Waals surface area contributed by atoms with Crippen molar-refractivity contribution in [2.75, 3.05) is 7.11 Å². The van der Waals surface area contributed by atoms with Gasteiger partial charge in [-0.05, 0) is 12.0 Å². The van der Waals surface area contributed by atoms with Crippen LogP contribution in [0.5, 0.6) is 0 Å². The van der Waals surface area contributed by atoms with Crippen LogP contribution in [0.3, 0.4) is 0 Å². The first kappa shape index (κ1) is 18.2. The van der Waals surface area contributed by atoms with Crippen LogP contribution >= 0.6 is 0 Å². The fourth-order valence-electron chi connectivity index (χ4n) is 4.33. The largest absolute Gasteiger partial charge is 0.467 e. The van der Waals surface area contributed by atoms with Gasteiger partial charge in [0.15, 0.2) is 0 Å². The molecule has 0 radical (unpaired) electrons. The zero-order chi connectivity index (χ0) is 18.9. The van der Waals surface area contributed by atoms with Gasteiger partial charge in [-0.1, -0.05) is 43.3 Å². The summed E-state index contributed by atoms with van der Waals surface area (Å²) < 4.78 is 10.4. The number of fused-ring (bicyclic) bond motifs is 1. The average molecular weight is 357 g/mol. The first-order chi connectivity index (χ1) is 12.4. The van der Waals surface area contributed by atoms with Crippen molar-refractivity contribution in [3.8, 4) is 0 Å². The molecule has 0 N–H and O–H groups in total. The zero-order valence-corrected chi connectivity index (χ0v) is 15.0. The van der Waals surface area contributed by atoms with Gasteiger partial charge in [-0.25, -0.2) is 9.59 Å². The van der Waals surface area contributed by atoms with Crippen molar-refractivity contribution in [1.82, 2.24) is 4.90 Å². The number of ketones is 1. The van der Waals surface area contributed by atoms with E-state index in [9.17, 15) is 14.4 Å². The summed E-state index contributed by atoms with van der Waals surface area (Å²) in [5, 5.41) is 0. The van der Waals surface area contributed by atoms with Crippen molar-refractivity contribution in [3.05, 3.63) is 48.6 Å². The summed E-state index contributed by atoms with van der Waals surface area (Å²) in [6.07, 6.45) is 1.75. The van der Waals surface area contributed by atoms with Crippen LogP contribution in [0.1, 0.15) is 25.3 Å². The number of hydrogen-bond acceptors (Lipinski definition) is 5. The molecule has 4 atom stereocenters. The number of Topliss-reactive ketones (excluding diaryl/α,β-unsaturated/α-hetero) is 1. The number of benzene rings is 1. The van der Waals surface area contributed by atoms with E-state index in [0.717, 1.165) is 5.56 Å². The number of nitrogens with zero attached hydrogens (tertiary/aromatic N) is 1. The van der Waals surface area contributed by atoms with E-state index in [1.165, 1.54) is 12.0 Å². The van der Waals surface area contributed by atoms with Crippen LogP contribution in [-0.2, 0) is 25.7 Å². The highest BCUT2D eigenvalue weighted by molar-refractivity contribution is 5.95. The molecule has 2 aliphatic rings. The molecule has 1 aromatic carbocycles. The van der Waals surface area contributed by atoms with E-state index < -0.39 is 29.4 Å². The fraction of sp³-hybridized carbons (Fsp3) is 0.450. The van der Waals surface area contributed by atoms with Crippen molar-refractivity contribution >= 4 is 17.8 Å². The van der Waals surface area contributed by atoms with E-state index in [1.54, 1.807) is 6.08 Å². The second-order valence-corrected chi connectivity index (χ2v) is 7.09. The normalized spacial score (nSPS) is 29.5. The number of methoxy groups -OCH3 is 1. The van der Waals surface area contributed by atoms with E-state index in [2.05, 4.69) is 6.58 Å². The van der Waals surface area contributed by atoms with E-state index >= 15 is 0 Å². The molecule has 1 amide bonds. The van der Waals surface area contributed by atoms with E-state index in [0.29, 0.717) is 6.42 Å². The van der Waals surface area contributed by atoms with Crippen LogP contribution in [0.25, 0.3) is 0 Å². The molecule has 0 aromatic heterocycles. The standard InChI is InChI=1S/C20H23NO5/c1-4-10-20(2)16-14(11-15(16)22)21(17(20)18(23)25-3)19(24)26-12-13-8-6-5-7-9-13/h4-9,14,16-17H,1,10-12H2,2-3H3/t14-,16-,17-,20-/m1/s1. The molecule has 1 aliphatic carbocycles. The van der Waals surface area contributed by atoms with Crippen molar-refractivity contribution in [2.24, 2.45) is 11.3 Å². The van der Waals surface area contributed by atoms with Crippen LogP contribution in [-0.4, -0.2) is 41.9 Å². The molecular weight excluding hydrogens is 334 g/mol. The lowest BCUT2D eigenvalue weighted by Gasteiger charge is -2.38. The molecule has 3 rings (SSSR count). The molecular formula is C20H23NO5. The van der Waals surface area contributed by atoms with Gasteiger partial charge >= 0.3 is 12.1 Å². The highest BCUT2D eigenvalue weighted by Gasteiger charge is 2.68. The quantitative estimate of drug-likeness (QED) is 0.598. The van der Waals surface area contributed by atoms with Crippen LogP contribution in [0, 0.1) is 11.3 Å². The highest BCUT2D eigenvalue weighted by atomic mass is 16.6. The lowest BCUT2D eigenvalue weighted by molar-refractivity contribution is -0.149. The SMILES string of the molecule is C=CC[C@]1(C)[C@H]2C(=O)C[C@H]2N(C(=O)OCc2ccccc2)[C@@H]1C(=O)OC. The number of carbonyl (C=O) groups excluding carboxylic acids is 3. The smallest absolute Gasteiger partial charge is 0.411 e. The minimum absolute atomic E-state index is 0.0617. The second-order valence-electron chi connectivity index (χ2n) is 7.09. The van der Waals surface area contributed by atoms with Gasteiger partial charge in [-0.15, -0.1) is 6.58 Å². The zero-order valence-electron chi connectivity index (χ0n) is 15.0. The topological polar surface area (TPSA) is 72.9 Å². The lowest BCUT2D eigenvalue weighted by atomic mass is 9.62. The third kappa shape index (κ3) is 2.79. The maximum atomic E-state index is 12.8. The van der Waals surface area contributed by atoms with Gasteiger partial charge < -0.3 is 9.47 Å². The third-order valence-electron chi connectivity index (χ3n) is 5.54. The Balaban J connectivity index is 1.86. The molecule has 0 bridgehead atoms. The molecule has 1 saturated carbocycles. The van der Waals surface area contributed by atoms with Crippen LogP contribution in [0.4, 0.5) is 4.79 Å². The summed E-state index contributed by atoms with van der Waals surface area (Å²) in [4.78, 5) is 38.9. The number of ether oxygens (including phenoxy) is 2. The van der Waals surface area contributed by atoms with Gasteiger partial charge in [-0.3, -0.25) is 9.69 Å². The van der Waals surface area contributed by atoms with Crippen molar-refractivity contribution in [1.29, 1.82) is 0 Å². The third-order valence-corrected chi connectivity index (χ3v) is 5.54. The number of allylic oxidation sites excluding steroid dienone is 1. The summed E-state index contributed by atoms with van der Waals surface area (Å²) in [5.41, 5.74) is 0.116. The minimum atomic E-state index is -0.866.